The Bertz CT molecular complexity index is 1410. The van der Waals surface area contributed by atoms with Crippen molar-refractivity contribution in [2.45, 2.75) is 104 Å². The fourth-order valence-corrected chi connectivity index (χ4v) is 7.37. The smallest absolute Gasteiger partial charge is 0.348 e. The zero-order valence-corrected chi connectivity index (χ0v) is 27.3. The zero-order valence-electron chi connectivity index (χ0n) is 26.4. The highest BCUT2D eigenvalue weighted by Crippen LogP contribution is 2.39. The Kier molecular flexibility index (Phi) is 9.99. The van der Waals surface area contributed by atoms with E-state index >= 15 is 0 Å². The highest BCUT2D eigenvalue weighted by Gasteiger charge is 2.38. The molecule has 1 N–H and O–H groups in total. The van der Waals surface area contributed by atoms with Gasteiger partial charge in [-0.3, -0.25) is 9.59 Å². The largest absolute Gasteiger partial charge is 0.477 e. The van der Waals surface area contributed by atoms with Gasteiger partial charge in [0.2, 0.25) is 11.8 Å². The van der Waals surface area contributed by atoms with E-state index < -0.39 is 5.97 Å². The summed E-state index contributed by atoms with van der Waals surface area (Å²) in [7, 11) is 0. The SMILES string of the molecule is CC1CCC(C(=O)N(c2cc(C#CC(C)(C)C)sc2C(=O)O)C2CCC(Oc3cc(C(=O)N4CCCC4)ccn3)CC2)CC1. The Labute approximate surface area is 265 Å². The number of carbonyl (C=O) groups is 3. The third kappa shape index (κ3) is 7.82. The van der Waals surface area contributed by atoms with Crippen LogP contribution in [0.4, 0.5) is 5.69 Å². The number of carboxylic acid groups (broad SMARTS) is 1. The number of nitrogens with zero attached hydrogens (tertiary/aromatic N) is 3. The normalized spacial score (nSPS) is 23.9. The van der Waals surface area contributed by atoms with Crippen molar-refractivity contribution < 1.29 is 24.2 Å². The third-order valence-corrected chi connectivity index (χ3v) is 10.0. The standard InChI is InChI=1S/C35H45N3O5S/c1-23-7-9-24(10-8-23)33(40)38(29-22-28(15-17-35(2,3)4)44-31(29)34(41)42)26-11-13-27(14-12-26)43-30-21-25(16-18-36-30)32(39)37-19-5-6-20-37/h16,18,21-24,26-27H,5-14,19-20H2,1-4H3,(H,41,42). The molecule has 2 saturated carbocycles. The predicted octanol–water partition coefficient (Wildman–Crippen LogP) is 7.02. The quantitative estimate of drug-likeness (QED) is 0.334. The summed E-state index contributed by atoms with van der Waals surface area (Å²) in [6.45, 7) is 9.86. The molecule has 0 radical (unpaired) electrons. The predicted molar refractivity (Wildman–Crippen MR) is 172 cm³/mol. The van der Waals surface area contributed by atoms with Gasteiger partial charge in [0.1, 0.15) is 11.0 Å². The Morgan fingerprint density at radius 3 is 2.34 bits per heavy atom. The minimum atomic E-state index is -1.03. The number of pyridine rings is 1. The van der Waals surface area contributed by atoms with Crippen LogP contribution in [0.15, 0.2) is 24.4 Å². The minimum absolute atomic E-state index is 0.0151. The number of amides is 2. The van der Waals surface area contributed by atoms with Gasteiger partial charge in [0.25, 0.3) is 5.91 Å². The molecule has 3 aliphatic rings. The lowest BCUT2D eigenvalue weighted by molar-refractivity contribution is -0.124. The fraction of sp³-hybridized carbons (Fsp3) is 0.600. The summed E-state index contributed by atoms with van der Waals surface area (Å²) in [4.78, 5) is 48.4. The molecule has 1 aliphatic heterocycles. The molecule has 2 aliphatic carbocycles. The second-order valence-corrected chi connectivity index (χ2v) is 14.8. The Hall–Kier alpha value is -3.38. The number of aromatic carboxylic acids is 1. The maximum absolute atomic E-state index is 14.2. The van der Waals surface area contributed by atoms with Crippen LogP contribution in [0.5, 0.6) is 5.88 Å². The number of hydrogen-bond donors (Lipinski definition) is 1. The maximum Gasteiger partial charge on any atom is 0.348 e. The van der Waals surface area contributed by atoms with Crippen molar-refractivity contribution in [2.24, 2.45) is 17.3 Å². The maximum atomic E-state index is 14.2. The molecule has 3 heterocycles. The number of likely N-dealkylation sites (tertiary alicyclic amines) is 1. The molecule has 5 rings (SSSR count). The first-order valence-corrected chi connectivity index (χ1v) is 17.0. The van der Waals surface area contributed by atoms with Gasteiger partial charge in [-0.25, -0.2) is 9.78 Å². The molecule has 0 spiro atoms. The van der Waals surface area contributed by atoms with Crippen LogP contribution in [-0.4, -0.2) is 58.0 Å². The number of carboxylic acids is 1. The summed E-state index contributed by atoms with van der Waals surface area (Å²) in [6, 6.07) is 5.15. The zero-order chi connectivity index (χ0) is 31.4. The molecule has 2 aromatic rings. The topological polar surface area (TPSA) is 100 Å². The minimum Gasteiger partial charge on any atom is -0.477 e. The van der Waals surface area contributed by atoms with E-state index in [9.17, 15) is 19.5 Å². The number of aromatic nitrogens is 1. The average Bonchev–Trinajstić information content (AvgIpc) is 3.68. The van der Waals surface area contributed by atoms with Gasteiger partial charge in [-0.15, -0.1) is 11.3 Å². The van der Waals surface area contributed by atoms with E-state index in [4.69, 9.17) is 4.74 Å². The third-order valence-electron chi connectivity index (χ3n) is 9.00. The molecule has 1 saturated heterocycles. The van der Waals surface area contributed by atoms with Gasteiger partial charge in [-0.2, -0.15) is 0 Å². The van der Waals surface area contributed by atoms with Crippen molar-refractivity contribution in [1.82, 2.24) is 9.88 Å². The lowest BCUT2D eigenvalue weighted by Gasteiger charge is -2.39. The van der Waals surface area contributed by atoms with Gasteiger partial charge in [0.15, 0.2) is 0 Å². The molecule has 2 aromatic heterocycles. The lowest BCUT2D eigenvalue weighted by Crippen LogP contribution is -2.47. The van der Waals surface area contributed by atoms with Crippen molar-refractivity contribution >= 4 is 34.8 Å². The molecular formula is C35H45N3O5S. The van der Waals surface area contributed by atoms with Crippen LogP contribution in [0.2, 0.25) is 0 Å². The van der Waals surface area contributed by atoms with Crippen LogP contribution < -0.4 is 9.64 Å². The van der Waals surface area contributed by atoms with Gasteiger partial charge < -0.3 is 19.6 Å². The molecule has 0 unspecified atom stereocenters. The molecular weight excluding hydrogens is 574 g/mol. The Morgan fingerprint density at radius 1 is 1.02 bits per heavy atom. The number of carbonyl (C=O) groups excluding carboxylic acids is 2. The monoisotopic (exact) mass is 619 g/mol. The van der Waals surface area contributed by atoms with Gasteiger partial charge >= 0.3 is 5.97 Å². The van der Waals surface area contributed by atoms with E-state index in [1.54, 1.807) is 18.3 Å². The molecule has 3 fully saturated rings. The van der Waals surface area contributed by atoms with Gasteiger partial charge in [0, 0.05) is 48.3 Å². The summed E-state index contributed by atoms with van der Waals surface area (Å²) >= 11 is 1.15. The summed E-state index contributed by atoms with van der Waals surface area (Å²) in [5.41, 5.74) is 0.840. The summed E-state index contributed by atoms with van der Waals surface area (Å²) in [5, 5.41) is 10.2. The van der Waals surface area contributed by atoms with Crippen LogP contribution in [0.1, 0.15) is 117 Å². The molecule has 236 valence electrons. The van der Waals surface area contributed by atoms with Crippen molar-refractivity contribution in [1.29, 1.82) is 0 Å². The molecule has 44 heavy (non-hydrogen) atoms. The van der Waals surface area contributed by atoms with Crippen molar-refractivity contribution in [3.63, 3.8) is 0 Å². The van der Waals surface area contributed by atoms with E-state index in [1.165, 1.54) is 0 Å². The summed E-state index contributed by atoms with van der Waals surface area (Å²) < 4.78 is 6.27. The molecule has 8 nitrogen and oxygen atoms in total. The van der Waals surface area contributed by atoms with Crippen molar-refractivity contribution in [3.8, 4) is 17.7 Å². The number of ether oxygens (including phenoxy) is 1. The number of anilines is 1. The Balaban J connectivity index is 1.34. The van der Waals surface area contributed by atoms with Gasteiger partial charge in [0.05, 0.1) is 10.6 Å². The average molecular weight is 620 g/mol. The molecule has 2 amide bonds. The van der Waals surface area contributed by atoms with E-state index in [0.29, 0.717) is 53.6 Å². The van der Waals surface area contributed by atoms with E-state index in [1.807, 2.05) is 36.6 Å². The first kappa shape index (κ1) is 32.0. The Morgan fingerprint density at radius 2 is 1.70 bits per heavy atom. The van der Waals surface area contributed by atoms with Gasteiger partial charge in [-0.1, -0.05) is 18.8 Å². The first-order valence-electron chi connectivity index (χ1n) is 16.1. The number of hydrogen-bond acceptors (Lipinski definition) is 6. The molecule has 9 heteroatoms. The van der Waals surface area contributed by atoms with Crippen LogP contribution in [0.25, 0.3) is 0 Å². The summed E-state index contributed by atoms with van der Waals surface area (Å²) in [6.07, 6.45) is 10.0. The van der Waals surface area contributed by atoms with E-state index in [-0.39, 0.29) is 40.2 Å². The second kappa shape index (κ2) is 13.7. The molecule has 0 bridgehead atoms. The van der Waals surface area contributed by atoms with Crippen LogP contribution in [0, 0.1) is 29.1 Å². The molecule has 0 atom stereocenters. The fourth-order valence-electron chi connectivity index (χ4n) is 6.53. The van der Waals surface area contributed by atoms with Crippen molar-refractivity contribution in [2.75, 3.05) is 18.0 Å². The number of thiophene rings is 1. The van der Waals surface area contributed by atoms with Crippen molar-refractivity contribution in [3.05, 3.63) is 39.7 Å². The van der Waals surface area contributed by atoms with E-state index in [2.05, 4.69) is 23.7 Å². The van der Waals surface area contributed by atoms with Crippen LogP contribution in [-0.2, 0) is 4.79 Å². The molecule has 0 aromatic carbocycles. The first-order chi connectivity index (χ1) is 21.0. The summed E-state index contributed by atoms with van der Waals surface area (Å²) in [5.74, 6) is 6.32. The second-order valence-electron chi connectivity index (χ2n) is 13.7. The van der Waals surface area contributed by atoms with Gasteiger partial charge in [-0.05, 0) is 103 Å². The van der Waals surface area contributed by atoms with Crippen LogP contribution >= 0.6 is 11.3 Å². The van der Waals surface area contributed by atoms with E-state index in [0.717, 1.165) is 63.0 Å². The number of rotatable bonds is 7. The highest BCUT2D eigenvalue weighted by molar-refractivity contribution is 7.15. The van der Waals surface area contributed by atoms with Crippen LogP contribution in [0.3, 0.4) is 0 Å². The highest BCUT2D eigenvalue weighted by atomic mass is 32.1. The lowest BCUT2D eigenvalue weighted by atomic mass is 9.81.